The largest absolute Gasteiger partial charge is 0.281 e. The molecule has 3 aromatic rings. The molecule has 4 nitrogen and oxygen atoms in total. The van der Waals surface area contributed by atoms with Crippen LogP contribution >= 0.6 is 11.3 Å². The summed E-state index contributed by atoms with van der Waals surface area (Å²) in [6.07, 6.45) is 1.76. The van der Waals surface area contributed by atoms with Crippen LogP contribution in [0.25, 0.3) is 10.2 Å². The van der Waals surface area contributed by atoms with E-state index in [2.05, 4.69) is 21.0 Å². The Bertz CT molecular complexity index is 844. The van der Waals surface area contributed by atoms with Gasteiger partial charge in [0.15, 0.2) is 0 Å². The molecule has 1 aromatic carbocycles. The maximum Gasteiger partial charge on any atom is 0.115 e. The Morgan fingerprint density at radius 1 is 1.33 bits per heavy atom. The van der Waals surface area contributed by atoms with Crippen molar-refractivity contribution in [3.63, 3.8) is 0 Å². The third-order valence-corrected chi connectivity index (χ3v) is 4.07. The van der Waals surface area contributed by atoms with E-state index >= 15 is 0 Å². The van der Waals surface area contributed by atoms with Gasteiger partial charge in [0.05, 0.1) is 39.8 Å². The van der Waals surface area contributed by atoms with Crippen LogP contribution in [-0.4, -0.2) is 15.7 Å². The van der Waals surface area contributed by atoms with E-state index in [1.165, 1.54) is 0 Å². The topological polar surface area (TPSA) is 61.9 Å². The number of fused-ring (bicyclic) bond motifs is 1. The number of aromatic nitrogens is 2. The van der Waals surface area contributed by atoms with Crippen LogP contribution in [0.1, 0.15) is 23.2 Å². The predicted molar refractivity (Wildman–Crippen MR) is 84.5 cm³/mol. The summed E-state index contributed by atoms with van der Waals surface area (Å²) >= 11 is 1.61. The Labute approximate surface area is 126 Å². The highest BCUT2D eigenvalue weighted by molar-refractivity contribution is 7.18. The second-order valence-electron chi connectivity index (χ2n) is 4.52. The van der Waals surface area contributed by atoms with Gasteiger partial charge in [-0.05, 0) is 37.3 Å². The number of pyridine rings is 1. The minimum absolute atomic E-state index is 0.531. The van der Waals surface area contributed by atoms with Gasteiger partial charge in [-0.15, -0.1) is 11.3 Å². The molecule has 0 fully saturated rings. The summed E-state index contributed by atoms with van der Waals surface area (Å²) in [4.78, 5) is 13.3. The van der Waals surface area contributed by atoms with Crippen LogP contribution in [0.2, 0.25) is 0 Å². The first-order chi connectivity index (χ1) is 10.3. The van der Waals surface area contributed by atoms with Gasteiger partial charge >= 0.3 is 0 Å². The van der Waals surface area contributed by atoms with Crippen molar-refractivity contribution in [2.75, 3.05) is 0 Å². The molecule has 0 saturated carbocycles. The van der Waals surface area contributed by atoms with E-state index in [4.69, 9.17) is 5.26 Å². The zero-order chi connectivity index (χ0) is 14.7. The van der Waals surface area contributed by atoms with Crippen molar-refractivity contribution >= 4 is 27.3 Å². The van der Waals surface area contributed by atoms with Crippen LogP contribution in [0.3, 0.4) is 0 Å². The Morgan fingerprint density at radius 3 is 3.00 bits per heavy atom. The molecule has 0 radical (unpaired) electrons. The normalized spacial score (nSPS) is 11.5. The molecule has 0 amide bonds. The van der Waals surface area contributed by atoms with Crippen molar-refractivity contribution in [2.24, 2.45) is 4.99 Å². The fourth-order valence-corrected chi connectivity index (χ4v) is 2.83. The molecule has 0 aliphatic heterocycles. The third-order valence-electron chi connectivity index (χ3n) is 3.05. The Kier molecular flexibility index (Phi) is 3.71. The lowest BCUT2D eigenvalue weighted by Crippen LogP contribution is -1.98. The molecule has 0 bridgehead atoms. The van der Waals surface area contributed by atoms with Gasteiger partial charge in [0.2, 0.25) is 0 Å². The van der Waals surface area contributed by atoms with Gasteiger partial charge in [0.1, 0.15) is 5.01 Å². The van der Waals surface area contributed by atoms with Crippen molar-refractivity contribution in [3.05, 3.63) is 58.9 Å². The molecular formula is C16H12N4S. The number of thiazole rings is 1. The molecule has 0 unspecified atom stereocenters. The van der Waals surface area contributed by atoms with Gasteiger partial charge in [-0.1, -0.05) is 6.07 Å². The second kappa shape index (κ2) is 5.81. The predicted octanol–water partition coefficient (Wildman–Crippen LogP) is 3.57. The molecule has 3 rings (SSSR count). The molecular weight excluding hydrogens is 280 g/mol. The molecule has 2 heterocycles. The van der Waals surface area contributed by atoms with E-state index in [0.717, 1.165) is 26.6 Å². The van der Waals surface area contributed by atoms with Crippen molar-refractivity contribution < 1.29 is 0 Å². The maximum absolute atomic E-state index is 8.90. The molecule has 0 atom stereocenters. The lowest BCUT2D eigenvalue weighted by atomic mass is 10.2. The second-order valence-corrected chi connectivity index (χ2v) is 5.63. The SMILES string of the molecule is CC(=NCc1nc2cc(C#N)ccc2s1)c1ccccn1. The summed E-state index contributed by atoms with van der Waals surface area (Å²) in [7, 11) is 0. The zero-order valence-corrected chi connectivity index (χ0v) is 12.3. The lowest BCUT2D eigenvalue weighted by Gasteiger charge is -1.98. The number of aliphatic imine (C=N–C) groups is 1. The highest BCUT2D eigenvalue weighted by Crippen LogP contribution is 2.23. The van der Waals surface area contributed by atoms with Crippen LogP contribution in [0, 0.1) is 11.3 Å². The maximum atomic E-state index is 8.90. The van der Waals surface area contributed by atoms with Crippen molar-refractivity contribution in [1.82, 2.24) is 9.97 Å². The van der Waals surface area contributed by atoms with Crippen LogP contribution < -0.4 is 0 Å². The first-order valence-electron chi connectivity index (χ1n) is 6.48. The van der Waals surface area contributed by atoms with Gasteiger partial charge in [0, 0.05) is 6.20 Å². The van der Waals surface area contributed by atoms with E-state index < -0.39 is 0 Å². The molecule has 0 N–H and O–H groups in total. The van der Waals surface area contributed by atoms with Gasteiger partial charge in [-0.3, -0.25) is 9.98 Å². The van der Waals surface area contributed by atoms with E-state index in [9.17, 15) is 0 Å². The lowest BCUT2D eigenvalue weighted by molar-refractivity contribution is 1.04. The number of benzene rings is 1. The highest BCUT2D eigenvalue weighted by Gasteiger charge is 2.05. The van der Waals surface area contributed by atoms with Crippen LogP contribution in [0.4, 0.5) is 0 Å². The first kappa shape index (κ1) is 13.4. The molecule has 5 heteroatoms. The Hall–Kier alpha value is -2.58. The van der Waals surface area contributed by atoms with Crippen molar-refractivity contribution in [2.45, 2.75) is 13.5 Å². The Balaban J connectivity index is 1.84. The zero-order valence-electron chi connectivity index (χ0n) is 11.4. The molecule has 0 saturated heterocycles. The summed E-state index contributed by atoms with van der Waals surface area (Å²) in [6.45, 7) is 2.48. The van der Waals surface area contributed by atoms with Crippen molar-refractivity contribution in [1.29, 1.82) is 5.26 Å². The van der Waals surface area contributed by atoms with Gasteiger partial charge in [-0.25, -0.2) is 4.98 Å². The highest BCUT2D eigenvalue weighted by atomic mass is 32.1. The van der Waals surface area contributed by atoms with Gasteiger partial charge in [0.25, 0.3) is 0 Å². The summed E-state index contributed by atoms with van der Waals surface area (Å²) < 4.78 is 1.08. The van der Waals surface area contributed by atoms with Crippen LogP contribution in [-0.2, 0) is 6.54 Å². The average molecular weight is 292 g/mol. The summed E-state index contributed by atoms with van der Waals surface area (Å²) in [6, 6.07) is 13.5. The quantitative estimate of drug-likeness (QED) is 0.693. The van der Waals surface area contributed by atoms with Crippen molar-refractivity contribution in [3.8, 4) is 6.07 Å². The molecule has 2 aromatic heterocycles. The average Bonchev–Trinajstić information content (AvgIpc) is 2.95. The Morgan fingerprint density at radius 2 is 2.24 bits per heavy atom. The molecule has 0 spiro atoms. The van der Waals surface area contributed by atoms with E-state index in [1.807, 2.05) is 43.3 Å². The smallest absolute Gasteiger partial charge is 0.115 e. The summed E-state index contributed by atoms with van der Waals surface area (Å²) in [5.41, 5.74) is 3.27. The van der Waals surface area contributed by atoms with E-state index in [-0.39, 0.29) is 0 Å². The number of nitriles is 1. The first-order valence-corrected chi connectivity index (χ1v) is 7.30. The van der Waals surface area contributed by atoms with Crippen LogP contribution in [0.15, 0.2) is 47.6 Å². The molecule has 21 heavy (non-hydrogen) atoms. The minimum atomic E-state index is 0.531. The third kappa shape index (κ3) is 2.96. The van der Waals surface area contributed by atoms with Gasteiger partial charge in [-0.2, -0.15) is 5.26 Å². The minimum Gasteiger partial charge on any atom is -0.281 e. The number of nitrogens with zero attached hydrogens (tertiary/aromatic N) is 4. The van der Waals surface area contributed by atoms with Gasteiger partial charge < -0.3 is 0 Å². The molecule has 102 valence electrons. The monoisotopic (exact) mass is 292 g/mol. The van der Waals surface area contributed by atoms with Crippen LogP contribution in [0.5, 0.6) is 0 Å². The molecule has 0 aliphatic carbocycles. The number of hydrogen-bond donors (Lipinski definition) is 0. The number of rotatable bonds is 3. The number of hydrogen-bond acceptors (Lipinski definition) is 5. The fourth-order valence-electron chi connectivity index (χ4n) is 1.96. The van der Waals surface area contributed by atoms with E-state index in [1.54, 1.807) is 17.5 Å². The summed E-state index contributed by atoms with van der Waals surface area (Å²) in [5.74, 6) is 0. The standard InChI is InChI=1S/C16H12N4S/c1-11(13-4-2-3-7-18-13)19-10-16-20-14-8-12(9-17)5-6-15(14)21-16/h2-8H,10H2,1H3. The molecule has 0 aliphatic rings. The van der Waals surface area contributed by atoms with E-state index in [0.29, 0.717) is 12.1 Å². The summed E-state index contributed by atoms with van der Waals surface area (Å²) in [5, 5.41) is 9.84. The fraction of sp³-hybridized carbons (Fsp3) is 0.125.